The van der Waals surface area contributed by atoms with Gasteiger partial charge in [-0.15, -0.1) is 0 Å². The third-order valence-electron chi connectivity index (χ3n) is 5.78. The van der Waals surface area contributed by atoms with Crippen LogP contribution in [0.2, 0.25) is 0 Å². The first-order valence-corrected chi connectivity index (χ1v) is 8.81. The number of carbonyl (C=O) groups excluding carboxylic acids is 1. The number of carbonyl (C=O) groups is 1. The zero-order chi connectivity index (χ0) is 16.5. The van der Waals surface area contributed by atoms with Crippen LogP contribution in [0, 0.1) is 23.2 Å². The van der Waals surface area contributed by atoms with E-state index in [9.17, 15) is 18.0 Å². The number of unbranched alkanes of at least 4 members (excludes halogenated alkanes) is 1. The molecule has 23 heavy (non-hydrogen) atoms. The van der Waals surface area contributed by atoms with Crippen molar-refractivity contribution >= 4 is 5.97 Å². The van der Waals surface area contributed by atoms with Gasteiger partial charge in [0.1, 0.15) is 0 Å². The first kappa shape index (κ1) is 17.1. The van der Waals surface area contributed by atoms with Crippen LogP contribution >= 0.6 is 0 Å². The van der Waals surface area contributed by atoms with Crippen LogP contribution in [0.3, 0.4) is 0 Å². The maximum absolute atomic E-state index is 12.5. The second-order valence-corrected chi connectivity index (χ2v) is 7.83. The van der Waals surface area contributed by atoms with Gasteiger partial charge in [-0.2, -0.15) is 13.2 Å². The highest BCUT2D eigenvalue weighted by Crippen LogP contribution is 2.60. The van der Waals surface area contributed by atoms with Crippen molar-refractivity contribution in [2.75, 3.05) is 19.7 Å². The molecule has 0 atom stereocenters. The van der Waals surface area contributed by atoms with Crippen LogP contribution in [-0.2, 0) is 9.53 Å². The summed E-state index contributed by atoms with van der Waals surface area (Å²) in [6.07, 6.45) is 3.88. The van der Waals surface area contributed by atoms with Crippen molar-refractivity contribution in [3.05, 3.63) is 0 Å². The Balaban J connectivity index is 1.34. The standard InChI is InChI=1S/C17H26F3NO2/c18-17(19,20)11-21-3-1-2-4-23-15(22)16-8-12-5-13(9-16)7-14(6-12)10-16/h12-14,21H,1-11H2. The van der Waals surface area contributed by atoms with Crippen molar-refractivity contribution in [1.82, 2.24) is 5.32 Å². The highest BCUT2D eigenvalue weighted by molar-refractivity contribution is 5.77. The van der Waals surface area contributed by atoms with Crippen LogP contribution in [0.1, 0.15) is 51.4 Å². The number of alkyl halides is 3. The first-order chi connectivity index (χ1) is 10.9. The van der Waals surface area contributed by atoms with Crippen LogP contribution in [0.5, 0.6) is 0 Å². The molecule has 132 valence electrons. The molecule has 4 aliphatic carbocycles. The van der Waals surface area contributed by atoms with E-state index in [1.54, 1.807) is 0 Å². The summed E-state index contributed by atoms with van der Waals surface area (Å²) in [5.41, 5.74) is -0.233. The number of ether oxygens (including phenoxy) is 1. The summed E-state index contributed by atoms with van der Waals surface area (Å²) in [6, 6.07) is 0. The highest BCUT2D eigenvalue weighted by atomic mass is 19.4. The van der Waals surface area contributed by atoms with Gasteiger partial charge in [-0.25, -0.2) is 0 Å². The van der Waals surface area contributed by atoms with Gasteiger partial charge >= 0.3 is 12.1 Å². The number of halogens is 3. The fourth-order valence-corrected chi connectivity index (χ4v) is 5.26. The number of rotatable bonds is 7. The molecule has 0 spiro atoms. The van der Waals surface area contributed by atoms with E-state index in [1.807, 2.05) is 0 Å². The lowest BCUT2D eigenvalue weighted by Crippen LogP contribution is -2.50. The van der Waals surface area contributed by atoms with E-state index in [1.165, 1.54) is 19.3 Å². The molecule has 0 aliphatic heterocycles. The predicted molar refractivity (Wildman–Crippen MR) is 79.7 cm³/mol. The van der Waals surface area contributed by atoms with Crippen molar-refractivity contribution < 1.29 is 22.7 Å². The molecule has 0 amide bonds. The van der Waals surface area contributed by atoms with Gasteiger partial charge < -0.3 is 10.1 Å². The first-order valence-electron chi connectivity index (χ1n) is 8.81. The zero-order valence-corrected chi connectivity index (χ0v) is 13.5. The summed E-state index contributed by atoms with van der Waals surface area (Å²) < 4.78 is 41.4. The number of hydrogen-bond donors (Lipinski definition) is 1. The summed E-state index contributed by atoms with van der Waals surface area (Å²) in [7, 11) is 0. The quantitative estimate of drug-likeness (QED) is 0.570. The Labute approximate surface area is 135 Å². The summed E-state index contributed by atoms with van der Waals surface area (Å²) in [5.74, 6) is 2.08. The topological polar surface area (TPSA) is 38.3 Å². The fourth-order valence-electron chi connectivity index (χ4n) is 5.26. The molecule has 0 radical (unpaired) electrons. The maximum Gasteiger partial charge on any atom is 0.401 e. The molecule has 0 aromatic heterocycles. The van der Waals surface area contributed by atoms with E-state index >= 15 is 0 Å². The fraction of sp³-hybridized carbons (Fsp3) is 0.941. The number of hydrogen-bond acceptors (Lipinski definition) is 3. The van der Waals surface area contributed by atoms with Gasteiger partial charge in [0.2, 0.25) is 0 Å². The monoisotopic (exact) mass is 333 g/mol. The number of nitrogens with one attached hydrogen (secondary N) is 1. The van der Waals surface area contributed by atoms with Crippen LogP contribution < -0.4 is 5.32 Å². The molecule has 4 saturated carbocycles. The van der Waals surface area contributed by atoms with Crippen molar-refractivity contribution in [2.45, 2.75) is 57.5 Å². The summed E-state index contributed by atoms with van der Waals surface area (Å²) in [6.45, 7) is -0.331. The number of esters is 1. The molecule has 0 unspecified atom stereocenters. The van der Waals surface area contributed by atoms with Crippen molar-refractivity contribution in [1.29, 1.82) is 0 Å². The lowest BCUT2D eigenvalue weighted by Gasteiger charge is -2.55. The van der Waals surface area contributed by atoms with Gasteiger partial charge in [0.05, 0.1) is 18.6 Å². The van der Waals surface area contributed by atoms with Crippen LogP contribution in [0.25, 0.3) is 0 Å². The predicted octanol–water partition coefficient (Wildman–Crippen LogP) is 3.68. The molecule has 4 aliphatic rings. The molecule has 6 heteroatoms. The zero-order valence-electron chi connectivity index (χ0n) is 13.5. The smallest absolute Gasteiger partial charge is 0.401 e. The Bertz CT molecular complexity index is 401. The van der Waals surface area contributed by atoms with Gasteiger partial charge in [0.15, 0.2) is 0 Å². The van der Waals surface area contributed by atoms with Crippen LogP contribution in [-0.4, -0.2) is 31.8 Å². The normalized spacial score (nSPS) is 35.5. The summed E-state index contributed by atoms with van der Waals surface area (Å²) in [5, 5.41) is 2.36. The molecular formula is C17H26F3NO2. The average molecular weight is 333 g/mol. The maximum atomic E-state index is 12.5. The third-order valence-corrected chi connectivity index (χ3v) is 5.78. The Hall–Kier alpha value is -0.780. The van der Waals surface area contributed by atoms with Crippen LogP contribution in [0.4, 0.5) is 13.2 Å². The molecule has 4 bridgehead atoms. The van der Waals surface area contributed by atoms with Gasteiger partial charge in [-0.05, 0) is 75.7 Å². The third kappa shape index (κ3) is 4.20. The largest absolute Gasteiger partial charge is 0.465 e. The highest BCUT2D eigenvalue weighted by Gasteiger charge is 2.55. The second kappa shape index (κ2) is 6.61. The van der Waals surface area contributed by atoms with E-state index in [0.29, 0.717) is 43.7 Å². The molecule has 0 heterocycles. The molecule has 1 N–H and O–H groups in total. The minimum atomic E-state index is -4.16. The summed E-state index contributed by atoms with van der Waals surface area (Å²) >= 11 is 0. The van der Waals surface area contributed by atoms with E-state index < -0.39 is 12.7 Å². The Kier molecular flexibility index (Phi) is 4.90. The average Bonchev–Trinajstić information content (AvgIpc) is 2.43. The molecule has 0 saturated heterocycles. The van der Waals surface area contributed by atoms with Crippen molar-refractivity contribution in [2.24, 2.45) is 23.2 Å². The van der Waals surface area contributed by atoms with Gasteiger partial charge in [0, 0.05) is 0 Å². The Morgan fingerprint density at radius 1 is 1.04 bits per heavy atom. The lowest BCUT2D eigenvalue weighted by atomic mass is 9.49. The minimum Gasteiger partial charge on any atom is -0.465 e. The van der Waals surface area contributed by atoms with Gasteiger partial charge in [-0.3, -0.25) is 4.79 Å². The van der Waals surface area contributed by atoms with Crippen molar-refractivity contribution in [3.63, 3.8) is 0 Å². The van der Waals surface area contributed by atoms with Crippen LogP contribution in [0.15, 0.2) is 0 Å². The van der Waals surface area contributed by atoms with E-state index in [2.05, 4.69) is 5.32 Å². The van der Waals surface area contributed by atoms with Gasteiger partial charge in [0.25, 0.3) is 0 Å². The van der Waals surface area contributed by atoms with E-state index in [-0.39, 0.29) is 11.4 Å². The Morgan fingerprint density at radius 2 is 1.61 bits per heavy atom. The molecule has 0 aromatic rings. The molecule has 3 nitrogen and oxygen atoms in total. The molecule has 4 rings (SSSR count). The molecule has 0 aromatic carbocycles. The second-order valence-electron chi connectivity index (χ2n) is 7.83. The van der Waals surface area contributed by atoms with Crippen molar-refractivity contribution in [3.8, 4) is 0 Å². The van der Waals surface area contributed by atoms with E-state index in [4.69, 9.17) is 4.74 Å². The molecular weight excluding hydrogens is 307 g/mol. The van der Waals surface area contributed by atoms with E-state index in [0.717, 1.165) is 19.3 Å². The Morgan fingerprint density at radius 3 is 2.13 bits per heavy atom. The SMILES string of the molecule is O=C(OCCCCNCC(F)(F)F)C12CC3CC(CC(C3)C1)C2. The molecule has 4 fully saturated rings. The van der Waals surface area contributed by atoms with Gasteiger partial charge in [-0.1, -0.05) is 0 Å². The lowest BCUT2D eigenvalue weighted by molar-refractivity contribution is -0.171. The minimum absolute atomic E-state index is 0.0418. The summed E-state index contributed by atoms with van der Waals surface area (Å²) in [4.78, 5) is 12.5.